The second-order valence-corrected chi connectivity index (χ2v) is 8.00. The Labute approximate surface area is 176 Å². The number of aryl methyl sites for hydroxylation is 3. The molecule has 1 aliphatic heterocycles. The average molecular weight is 396 g/mol. The SMILES string of the molecule is Cc1ccc(-n2c(C)ccc2C)c(C(=O)N2Cc3cnn(-c4ccccc4)c3C2)c1. The summed E-state index contributed by atoms with van der Waals surface area (Å²) in [7, 11) is 0. The van der Waals surface area contributed by atoms with E-state index in [-0.39, 0.29) is 5.91 Å². The molecule has 0 fully saturated rings. The molecule has 0 N–H and O–H groups in total. The highest BCUT2D eigenvalue weighted by molar-refractivity contribution is 5.98. The van der Waals surface area contributed by atoms with E-state index in [0.717, 1.165) is 45.1 Å². The minimum absolute atomic E-state index is 0.0528. The third kappa shape index (κ3) is 2.94. The van der Waals surface area contributed by atoms with Crippen molar-refractivity contribution in [1.82, 2.24) is 19.2 Å². The second kappa shape index (κ2) is 7.02. The number of nitrogens with zero attached hydrogens (tertiary/aromatic N) is 4. The molecule has 5 nitrogen and oxygen atoms in total. The van der Waals surface area contributed by atoms with Gasteiger partial charge in [-0.2, -0.15) is 5.10 Å². The molecule has 1 amide bonds. The number of benzene rings is 2. The van der Waals surface area contributed by atoms with Crippen LogP contribution >= 0.6 is 0 Å². The Balaban J connectivity index is 1.51. The van der Waals surface area contributed by atoms with Gasteiger partial charge in [-0.05, 0) is 57.2 Å². The normalized spacial score (nSPS) is 13.0. The predicted molar refractivity (Wildman–Crippen MR) is 117 cm³/mol. The van der Waals surface area contributed by atoms with E-state index in [4.69, 9.17) is 0 Å². The molecule has 2 aromatic carbocycles. The number of amides is 1. The van der Waals surface area contributed by atoms with Crippen LogP contribution in [0, 0.1) is 20.8 Å². The van der Waals surface area contributed by atoms with Gasteiger partial charge in [0.25, 0.3) is 5.91 Å². The monoisotopic (exact) mass is 396 g/mol. The van der Waals surface area contributed by atoms with Crippen LogP contribution in [0.4, 0.5) is 0 Å². The maximum atomic E-state index is 13.6. The molecule has 150 valence electrons. The summed E-state index contributed by atoms with van der Waals surface area (Å²) < 4.78 is 4.10. The molecule has 0 bridgehead atoms. The summed E-state index contributed by atoms with van der Waals surface area (Å²) in [5.41, 5.74) is 8.20. The van der Waals surface area contributed by atoms with E-state index in [9.17, 15) is 4.79 Å². The van der Waals surface area contributed by atoms with Crippen LogP contribution in [0.5, 0.6) is 0 Å². The van der Waals surface area contributed by atoms with Crippen molar-refractivity contribution in [3.05, 3.63) is 101 Å². The van der Waals surface area contributed by atoms with Gasteiger partial charge in [0, 0.05) is 23.5 Å². The summed E-state index contributed by atoms with van der Waals surface area (Å²) >= 11 is 0. The van der Waals surface area contributed by atoms with E-state index < -0.39 is 0 Å². The van der Waals surface area contributed by atoms with Crippen molar-refractivity contribution in [1.29, 1.82) is 0 Å². The van der Waals surface area contributed by atoms with E-state index in [2.05, 4.69) is 47.8 Å². The van der Waals surface area contributed by atoms with Gasteiger partial charge in [-0.25, -0.2) is 4.68 Å². The molecule has 0 saturated carbocycles. The first-order valence-corrected chi connectivity index (χ1v) is 10.2. The molecular formula is C25H24N4O. The van der Waals surface area contributed by atoms with E-state index in [1.807, 2.05) is 59.1 Å². The van der Waals surface area contributed by atoms with Gasteiger partial charge in [0.1, 0.15) is 0 Å². The standard InChI is InChI=1S/C25H24N4O/c1-17-9-12-23(28-18(2)10-11-19(28)3)22(13-17)25(30)27-15-20-14-26-29(24(20)16-27)21-7-5-4-6-8-21/h4-14H,15-16H2,1-3H3. The zero-order valence-corrected chi connectivity index (χ0v) is 17.5. The molecular weight excluding hydrogens is 372 g/mol. The van der Waals surface area contributed by atoms with Gasteiger partial charge in [0.05, 0.1) is 35.4 Å². The molecule has 5 heteroatoms. The van der Waals surface area contributed by atoms with Gasteiger partial charge in [-0.1, -0.05) is 29.8 Å². The smallest absolute Gasteiger partial charge is 0.256 e. The van der Waals surface area contributed by atoms with Gasteiger partial charge >= 0.3 is 0 Å². The maximum Gasteiger partial charge on any atom is 0.256 e. The third-order valence-corrected chi connectivity index (χ3v) is 5.84. The van der Waals surface area contributed by atoms with Crippen molar-refractivity contribution >= 4 is 5.91 Å². The fraction of sp³-hybridized carbons (Fsp3) is 0.200. The fourth-order valence-electron chi connectivity index (χ4n) is 4.32. The van der Waals surface area contributed by atoms with Crippen LogP contribution in [0.3, 0.4) is 0 Å². The maximum absolute atomic E-state index is 13.6. The number of rotatable bonds is 3. The van der Waals surface area contributed by atoms with Crippen molar-refractivity contribution in [3.63, 3.8) is 0 Å². The minimum Gasteiger partial charge on any atom is -0.328 e. The molecule has 0 radical (unpaired) electrons. The van der Waals surface area contributed by atoms with Crippen molar-refractivity contribution in [2.45, 2.75) is 33.9 Å². The number of aromatic nitrogens is 3. The first-order chi connectivity index (χ1) is 14.5. The third-order valence-electron chi connectivity index (χ3n) is 5.84. The zero-order chi connectivity index (χ0) is 20.8. The quantitative estimate of drug-likeness (QED) is 0.502. The Hall–Kier alpha value is -3.60. The zero-order valence-electron chi connectivity index (χ0n) is 17.5. The van der Waals surface area contributed by atoms with Crippen LogP contribution in [0.25, 0.3) is 11.4 Å². The summed E-state index contributed by atoms with van der Waals surface area (Å²) in [6, 6.07) is 20.4. The molecule has 0 saturated heterocycles. The van der Waals surface area contributed by atoms with E-state index >= 15 is 0 Å². The lowest BCUT2D eigenvalue weighted by atomic mass is 10.1. The lowest BCUT2D eigenvalue weighted by Gasteiger charge is -2.21. The summed E-state index contributed by atoms with van der Waals surface area (Å²) in [5.74, 6) is 0.0528. The van der Waals surface area contributed by atoms with Crippen LogP contribution in [-0.2, 0) is 13.1 Å². The first-order valence-electron chi connectivity index (χ1n) is 10.2. The van der Waals surface area contributed by atoms with Gasteiger partial charge in [0.15, 0.2) is 0 Å². The summed E-state index contributed by atoms with van der Waals surface area (Å²) in [4.78, 5) is 15.5. The largest absolute Gasteiger partial charge is 0.328 e. The topological polar surface area (TPSA) is 43.1 Å². The van der Waals surface area contributed by atoms with Crippen molar-refractivity contribution in [2.75, 3.05) is 0 Å². The second-order valence-electron chi connectivity index (χ2n) is 8.00. The molecule has 4 aromatic rings. The van der Waals surface area contributed by atoms with Crippen LogP contribution in [0.1, 0.15) is 38.6 Å². The number of para-hydroxylation sites is 1. The number of hydrogen-bond acceptors (Lipinski definition) is 2. The van der Waals surface area contributed by atoms with Crippen LogP contribution in [0.2, 0.25) is 0 Å². The van der Waals surface area contributed by atoms with E-state index in [1.54, 1.807) is 0 Å². The minimum atomic E-state index is 0.0528. The van der Waals surface area contributed by atoms with Crippen molar-refractivity contribution in [3.8, 4) is 11.4 Å². The fourth-order valence-corrected chi connectivity index (χ4v) is 4.32. The average Bonchev–Trinajstić information content (AvgIpc) is 3.43. The van der Waals surface area contributed by atoms with Gasteiger partial charge < -0.3 is 9.47 Å². The molecule has 0 spiro atoms. The van der Waals surface area contributed by atoms with Crippen LogP contribution in [-0.4, -0.2) is 25.2 Å². The molecule has 2 aromatic heterocycles. The highest BCUT2D eigenvalue weighted by atomic mass is 16.2. The Morgan fingerprint density at radius 2 is 1.63 bits per heavy atom. The summed E-state index contributed by atoms with van der Waals surface area (Å²) in [6.45, 7) is 7.31. The first kappa shape index (κ1) is 18.4. The molecule has 30 heavy (non-hydrogen) atoms. The lowest BCUT2D eigenvalue weighted by Crippen LogP contribution is -2.27. The Morgan fingerprint density at radius 1 is 0.900 bits per heavy atom. The molecule has 5 rings (SSSR count). The summed E-state index contributed by atoms with van der Waals surface area (Å²) in [6.07, 6.45) is 1.88. The molecule has 0 unspecified atom stereocenters. The van der Waals surface area contributed by atoms with Gasteiger partial charge in [-0.15, -0.1) is 0 Å². The van der Waals surface area contributed by atoms with Gasteiger partial charge in [-0.3, -0.25) is 4.79 Å². The van der Waals surface area contributed by atoms with Crippen LogP contribution in [0.15, 0.2) is 66.9 Å². The highest BCUT2D eigenvalue weighted by Crippen LogP contribution is 2.29. The van der Waals surface area contributed by atoms with Gasteiger partial charge in [0.2, 0.25) is 0 Å². The predicted octanol–water partition coefficient (Wildman–Crippen LogP) is 4.74. The number of hydrogen-bond donors (Lipinski definition) is 0. The van der Waals surface area contributed by atoms with Crippen molar-refractivity contribution < 1.29 is 4.79 Å². The molecule has 3 heterocycles. The molecule has 0 atom stereocenters. The Morgan fingerprint density at radius 3 is 2.37 bits per heavy atom. The lowest BCUT2D eigenvalue weighted by molar-refractivity contribution is 0.0748. The number of carbonyl (C=O) groups is 1. The molecule has 1 aliphatic rings. The van der Waals surface area contributed by atoms with Crippen LogP contribution < -0.4 is 0 Å². The number of fused-ring (bicyclic) bond motifs is 1. The highest BCUT2D eigenvalue weighted by Gasteiger charge is 2.30. The summed E-state index contributed by atoms with van der Waals surface area (Å²) in [5, 5.41) is 4.54. The van der Waals surface area contributed by atoms with E-state index in [0.29, 0.717) is 13.1 Å². The van der Waals surface area contributed by atoms with Crippen molar-refractivity contribution in [2.24, 2.45) is 0 Å². The Kier molecular flexibility index (Phi) is 4.31. The number of carbonyl (C=O) groups excluding carboxylic acids is 1. The van der Waals surface area contributed by atoms with E-state index in [1.165, 1.54) is 0 Å². The molecule has 0 aliphatic carbocycles. The Bertz CT molecular complexity index is 1230.